The molecule has 1 heterocycles. The highest BCUT2D eigenvalue weighted by molar-refractivity contribution is 9.10. The van der Waals surface area contributed by atoms with E-state index in [1.165, 1.54) is 11.6 Å². The molecule has 0 aromatic heterocycles. The Kier molecular flexibility index (Phi) is 5.89. The van der Waals surface area contributed by atoms with Gasteiger partial charge in [-0.2, -0.15) is 0 Å². The summed E-state index contributed by atoms with van der Waals surface area (Å²) in [5, 5.41) is 2.69. The quantitative estimate of drug-likeness (QED) is 0.746. The second kappa shape index (κ2) is 8.32. The van der Waals surface area contributed by atoms with Gasteiger partial charge in [0.2, 0.25) is 5.91 Å². The van der Waals surface area contributed by atoms with Gasteiger partial charge in [-0.15, -0.1) is 0 Å². The number of benzene rings is 2. The van der Waals surface area contributed by atoms with E-state index in [1.54, 1.807) is 24.3 Å². The van der Waals surface area contributed by atoms with Crippen LogP contribution in [0.3, 0.4) is 0 Å². The van der Waals surface area contributed by atoms with E-state index < -0.39 is 0 Å². The summed E-state index contributed by atoms with van der Waals surface area (Å²) in [5.41, 5.74) is 2.50. The molecule has 5 heteroatoms. The van der Waals surface area contributed by atoms with Crippen LogP contribution in [0.5, 0.6) is 0 Å². The van der Waals surface area contributed by atoms with Crippen LogP contribution in [0.25, 0.3) is 0 Å². The molecule has 2 aromatic carbocycles. The van der Waals surface area contributed by atoms with Gasteiger partial charge in [0.1, 0.15) is 0 Å². The summed E-state index contributed by atoms with van der Waals surface area (Å²) in [7, 11) is 0. The Morgan fingerprint density at radius 3 is 2.54 bits per heavy atom. The smallest absolute Gasteiger partial charge is 0.253 e. The lowest BCUT2D eigenvalue weighted by Gasteiger charge is -2.32. The number of carbonyl (C=O) groups excluding carboxylic acids is 2. The Bertz CT molecular complexity index is 826. The van der Waals surface area contributed by atoms with E-state index >= 15 is 0 Å². The Hall–Kier alpha value is -2.40. The summed E-state index contributed by atoms with van der Waals surface area (Å²) in [4.78, 5) is 26.1. The molecule has 1 saturated heterocycles. The number of likely N-dealkylation sites (tertiary alicyclic amines) is 1. The predicted octanol–water partition coefficient (Wildman–Crippen LogP) is 4.59. The van der Waals surface area contributed by atoms with Gasteiger partial charge in [-0.25, -0.2) is 0 Å². The van der Waals surface area contributed by atoms with Crippen LogP contribution < -0.4 is 5.32 Å². The van der Waals surface area contributed by atoms with E-state index in [2.05, 4.69) is 46.0 Å². The Labute approximate surface area is 162 Å². The summed E-state index contributed by atoms with van der Waals surface area (Å²) >= 11 is 3.62. The molecule has 2 amide bonds. The van der Waals surface area contributed by atoms with Crippen LogP contribution in [0.4, 0.5) is 5.69 Å². The minimum Gasteiger partial charge on any atom is -0.339 e. The highest BCUT2D eigenvalue weighted by Crippen LogP contribution is 2.33. The first-order valence-corrected chi connectivity index (χ1v) is 9.45. The molecule has 26 heavy (non-hydrogen) atoms. The molecule has 0 bridgehead atoms. The van der Waals surface area contributed by atoms with Gasteiger partial charge in [0.15, 0.2) is 0 Å². The van der Waals surface area contributed by atoms with E-state index in [0.29, 0.717) is 17.2 Å². The Balaban J connectivity index is 1.65. The average Bonchev–Trinajstić information content (AvgIpc) is 2.68. The number of nitrogens with one attached hydrogen (secondary N) is 1. The molecule has 0 saturated carbocycles. The van der Waals surface area contributed by atoms with Crippen molar-refractivity contribution < 1.29 is 9.59 Å². The monoisotopic (exact) mass is 412 g/mol. The summed E-state index contributed by atoms with van der Waals surface area (Å²) in [6, 6.07) is 15.3. The zero-order valence-electron chi connectivity index (χ0n) is 14.5. The summed E-state index contributed by atoms with van der Waals surface area (Å²) < 4.78 is 1.13. The van der Waals surface area contributed by atoms with Gasteiger partial charge in [0, 0.05) is 28.8 Å². The number of amides is 2. The van der Waals surface area contributed by atoms with Gasteiger partial charge in [-0.05, 0) is 54.7 Å². The standard InChI is InChI=1S/C21H21BrN2O2/c1-2-20(25)23-17-7-5-6-16(14-17)21(26)24-12-10-15(11-13-24)18-8-3-4-9-19(18)22/h2-9,14-15H,1,10-13H2,(H,23,25). The molecule has 1 N–H and O–H groups in total. The molecule has 0 atom stereocenters. The van der Waals surface area contributed by atoms with Crippen molar-refractivity contribution in [1.29, 1.82) is 0 Å². The fourth-order valence-electron chi connectivity index (χ4n) is 3.31. The molecule has 4 nitrogen and oxygen atoms in total. The maximum absolute atomic E-state index is 12.8. The first kappa shape index (κ1) is 18.4. The van der Waals surface area contributed by atoms with Crippen LogP contribution in [0.15, 0.2) is 65.7 Å². The summed E-state index contributed by atoms with van der Waals surface area (Å²) in [5.74, 6) is 0.182. The number of halogens is 1. The van der Waals surface area contributed by atoms with Crippen LogP contribution in [0.1, 0.15) is 34.7 Å². The SMILES string of the molecule is C=CC(=O)Nc1cccc(C(=O)N2CCC(c3ccccc3Br)CC2)c1. The highest BCUT2D eigenvalue weighted by atomic mass is 79.9. The lowest BCUT2D eigenvalue weighted by atomic mass is 9.89. The third-order valence-corrected chi connectivity index (χ3v) is 5.41. The zero-order chi connectivity index (χ0) is 18.5. The van der Waals surface area contributed by atoms with E-state index in [0.717, 1.165) is 30.4 Å². The normalized spacial score (nSPS) is 14.7. The lowest BCUT2D eigenvalue weighted by molar-refractivity contribution is -0.111. The van der Waals surface area contributed by atoms with Crippen molar-refractivity contribution in [2.75, 3.05) is 18.4 Å². The van der Waals surface area contributed by atoms with Crippen LogP contribution >= 0.6 is 15.9 Å². The molecule has 0 unspecified atom stereocenters. The number of piperidine rings is 1. The average molecular weight is 413 g/mol. The van der Waals surface area contributed by atoms with Crippen LogP contribution in [0, 0.1) is 0 Å². The van der Waals surface area contributed by atoms with Crippen molar-refractivity contribution in [3.63, 3.8) is 0 Å². The molecule has 2 aromatic rings. The predicted molar refractivity (Wildman–Crippen MR) is 107 cm³/mol. The third-order valence-electron chi connectivity index (χ3n) is 4.69. The van der Waals surface area contributed by atoms with Gasteiger partial charge >= 0.3 is 0 Å². The molecular formula is C21H21BrN2O2. The maximum Gasteiger partial charge on any atom is 0.253 e. The van der Waals surface area contributed by atoms with Gasteiger partial charge < -0.3 is 10.2 Å². The van der Waals surface area contributed by atoms with Crippen molar-refractivity contribution in [2.24, 2.45) is 0 Å². The summed E-state index contributed by atoms with van der Waals surface area (Å²) in [6.07, 6.45) is 3.10. The highest BCUT2D eigenvalue weighted by Gasteiger charge is 2.25. The lowest BCUT2D eigenvalue weighted by Crippen LogP contribution is -2.38. The first-order valence-electron chi connectivity index (χ1n) is 8.65. The molecule has 0 spiro atoms. The topological polar surface area (TPSA) is 49.4 Å². The molecule has 1 fully saturated rings. The Morgan fingerprint density at radius 2 is 1.85 bits per heavy atom. The van der Waals surface area contributed by atoms with Crippen molar-refractivity contribution in [3.05, 3.63) is 76.8 Å². The fraction of sp³-hybridized carbons (Fsp3) is 0.238. The second-order valence-electron chi connectivity index (χ2n) is 6.36. The molecule has 0 aliphatic carbocycles. The minimum atomic E-state index is -0.288. The molecule has 0 radical (unpaired) electrons. The number of hydrogen-bond donors (Lipinski definition) is 1. The minimum absolute atomic E-state index is 0.00489. The van der Waals surface area contributed by atoms with Gasteiger partial charge in [-0.3, -0.25) is 9.59 Å². The molecule has 1 aliphatic heterocycles. The maximum atomic E-state index is 12.8. The Morgan fingerprint density at radius 1 is 1.12 bits per heavy atom. The van der Waals surface area contributed by atoms with Crippen molar-refractivity contribution in [3.8, 4) is 0 Å². The zero-order valence-corrected chi connectivity index (χ0v) is 16.0. The van der Waals surface area contributed by atoms with Crippen molar-refractivity contribution in [1.82, 2.24) is 4.90 Å². The number of hydrogen-bond acceptors (Lipinski definition) is 2. The number of rotatable bonds is 4. The van der Waals surface area contributed by atoms with E-state index in [4.69, 9.17) is 0 Å². The third kappa shape index (κ3) is 4.22. The van der Waals surface area contributed by atoms with Crippen LogP contribution in [-0.2, 0) is 4.79 Å². The molecule has 3 rings (SSSR count). The van der Waals surface area contributed by atoms with E-state index in [9.17, 15) is 9.59 Å². The largest absolute Gasteiger partial charge is 0.339 e. The van der Waals surface area contributed by atoms with Gasteiger partial charge in [0.25, 0.3) is 5.91 Å². The molecule has 134 valence electrons. The first-order chi connectivity index (χ1) is 12.6. The van der Waals surface area contributed by atoms with Gasteiger partial charge in [-0.1, -0.05) is 46.8 Å². The fourth-order valence-corrected chi connectivity index (χ4v) is 3.91. The number of anilines is 1. The van der Waals surface area contributed by atoms with E-state index in [1.807, 2.05) is 11.0 Å². The van der Waals surface area contributed by atoms with Crippen molar-refractivity contribution >= 4 is 33.4 Å². The molecular weight excluding hydrogens is 392 g/mol. The van der Waals surface area contributed by atoms with E-state index in [-0.39, 0.29) is 11.8 Å². The summed E-state index contributed by atoms with van der Waals surface area (Å²) in [6.45, 7) is 4.90. The van der Waals surface area contributed by atoms with Crippen LogP contribution in [-0.4, -0.2) is 29.8 Å². The second-order valence-corrected chi connectivity index (χ2v) is 7.22. The van der Waals surface area contributed by atoms with Gasteiger partial charge in [0.05, 0.1) is 0 Å². The molecule has 1 aliphatic rings. The van der Waals surface area contributed by atoms with Crippen LogP contribution in [0.2, 0.25) is 0 Å². The van der Waals surface area contributed by atoms with Crippen molar-refractivity contribution in [2.45, 2.75) is 18.8 Å². The number of carbonyl (C=O) groups is 2. The number of nitrogens with zero attached hydrogens (tertiary/aromatic N) is 1.